The number of hydrogen-bond acceptors (Lipinski definition) is 7. The first kappa shape index (κ1) is 18.3. The van der Waals surface area contributed by atoms with Gasteiger partial charge in [-0.1, -0.05) is 18.2 Å². The molecule has 0 bridgehead atoms. The highest BCUT2D eigenvalue weighted by Crippen LogP contribution is 2.34. The van der Waals surface area contributed by atoms with Crippen molar-refractivity contribution < 1.29 is 13.9 Å². The van der Waals surface area contributed by atoms with Gasteiger partial charge in [0.1, 0.15) is 11.5 Å². The molecule has 0 aliphatic carbocycles. The molecule has 1 N–H and O–H groups in total. The van der Waals surface area contributed by atoms with Gasteiger partial charge < -0.3 is 9.15 Å². The summed E-state index contributed by atoms with van der Waals surface area (Å²) in [7, 11) is 1.55. The molecule has 0 fully saturated rings. The van der Waals surface area contributed by atoms with E-state index < -0.39 is 0 Å². The maximum Gasteiger partial charge on any atom is 0.271 e. The predicted octanol–water partition coefficient (Wildman–Crippen LogP) is 4.81. The SMILES string of the molecule is COc1cccc(C(=O)N/N=C\c2ccc(Sc3nc4ccccc4s3)o2)c1. The number of fused-ring (bicyclic) bond motifs is 1. The van der Waals surface area contributed by atoms with Crippen LogP contribution in [0.4, 0.5) is 0 Å². The van der Waals surface area contributed by atoms with Crippen LogP contribution in [-0.2, 0) is 0 Å². The topological polar surface area (TPSA) is 76.7 Å². The van der Waals surface area contributed by atoms with Crippen LogP contribution in [0.1, 0.15) is 16.1 Å². The fourth-order valence-corrected chi connectivity index (χ4v) is 4.39. The molecule has 2 aromatic heterocycles. The smallest absolute Gasteiger partial charge is 0.271 e. The number of methoxy groups -OCH3 is 1. The van der Waals surface area contributed by atoms with Crippen molar-refractivity contribution in [1.82, 2.24) is 10.4 Å². The minimum absolute atomic E-state index is 0.328. The summed E-state index contributed by atoms with van der Waals surface area (Å²) in [6.45, 7) is 0. The lowest BCUT2D eigenvalue weighted by atomic mass is 10.2. The Balaban J connectivity index is 1.38. The monoisotopic (exact) mass is 409 g/mol. The number of nitrogens with zero attached hydrogens (tertiary/aromatic N) is 2. The van der Waals surface area contributed by atoms with Crippen LogP contribution in [0.5, 0.6) is 5.75 Å². The number of rotatable bonds is 6. The van der Waals surface area contributed by atoms with Crippen LogP contribution in [0.2, 0.25) is 0 Å². The van der Waals surface area contributed by atoms with Crippen molar-refractivity contribution in [2.45, 2.75) is 9.43 Å². The van der Waals surface area contributed by atoms with E-state index in [1.165, 1.54) is 18.0 Å². The molecule has 0 saturated carbocycles. The summed E-state index contributed by atoms with van der Waals surface area (Å²) in [5.74, 6) is 0.819. The Labute approximate surface area is 169 Å². The van der Waals surface area contributed by atoms with Gasteiger partial charge in [0, 0.05) is 5.56 Å². The number of aromatic nitrogens is 1. The Bertz CT molecular complexity index is 1120. The molecule has 0 spiro atoms. The average Bonchev–Trinajstić information content (AvgIpc) is 3.34. The molecule has 8 heteroatoms. The molecule has 1 amide bonds. The molecule has 6 nitrogen and oxygen atoms in total. The van der Waals surface area contributed by atoms with Crippen LogP contribution in [0.15, 0.2) is 79.6 Å². The molecule has 28 heavy (non-hydrogen) atoms. The Hall–Kier alpha value is -3.10. The van der Waals surface area contributed by atoms with Crippen LogP contribution in [0.25, 0.3) is 10.2 Å². The van der Waals surface area contributed by atoms with Crippen molar-refractivity contribution in [3.8, 4) is 5.75 Å². The van der Waals surface area contributed by atoms with E-state index in [1.54, 1.807) is 48.8 Å². The van der Waals surface area contributed by atoms with Crippen LogP contribution in [0, 0.1) is 0 Å². The summed E-state index contributed by atoms with van der Waals surface area (Å²) in [5.41, 5.74) is 3.91. The van der Waals surface area contributed by atoms with Gasteiger partial charge in [-0.15, -0.1) is 11.3 Å². The highest BCUT2D eigenvalue weighted by atomic mass is 32.2. The molecule has 4 rings (SSSR count). The van der Waals surface area contributed by atoms with Gasteiger partial charge in [0.05, 0.1) is 23.5 Å². The molecule has 2 aromatic carbocycles. The number of carbonyl (C=O) groups is 1. The zero-order chi connectivity index (χ0) is 19.3. The Morgan fingerprint density at radius 1 is 1.21 bits per heavy atom. The van der Waals surface area contributed by atoms with E-state index in [0.717, 1.165) is 14.6 Å². The maximum absolute atomic E-state index is 12.1. The predicted molar refractivity (Wildman–Crippen MR) is 111 cm³/mol. The number of nitrogens with one attached hydrogen (secondary N) is 1. The Morgan fingerprint density at radius 3 is 2.96 bits per heavy atom. The summed E-state index contributed by atoms with van der Waals surface area (Å²) in [5, 5.41) is 4.66. The molecule has 0 aliphatic rings. The van der Waals surface area contributed by atoms with E-state index in [1.807, 2.05) is 30.3 Å². The number of thiazole rings is 1. The molecular formula is C20H15N3O3S2. The third-order valence-corrected chi connectivity index (χ3v) is 5.77. The zero-order valence-corrected chi connectivity index (χ0v) is 16.4. The fraction of sp³-hybridized carbons (Fsp3) is 0.0500. The van der Waals surface area contributed by atoms with Crippen LogP contribution < -0.4 is 10.2 Å². The van der Waals surface area contributed by atoms with Gasteiger partial charge in [-0.3, -0.25) is 4.79 Å². The lowest BCUT2D eigenvalue weighted by Crippen LogP contribution is -2.17. The first-order valence-corrected chi connectivity index (χ1v) is 9.95. The normalized spacial score (nSPS) is 11.2. The van der Waals surface area contributed by atoms with Crippen LogP contribution in [-0.4, -0.2) is 24.2 Å². The second kappa shape index (κ2) is 8.28. The summed E-state index contributed by atoms with van der Waals surface area (Å²) in [6.07, 6.45) is 1.46. The maximum atomic E-state index is 12.1. The zero-order valence-electron chi connectivity index (χ0n) is 14.8. The summed E-state index contributed by atoms with van der Waals surface area (Å²) >= 11 is 3.07. The number of benzene rings is 2. The third kappa shape index (κ3) is 4.24. The standard InChI is InChI=1S/C20H15N3O3S2/c1-25-14-6-4-5-13(11-14)19(24)23-21-12-15-9-10-18(26-15)28-20-22-16-7-2-3-8-17(16)27-20/h2-12H,1H3,(H,23,24)/b21-12-. The number of furan rings is 1. The first-order chi connectivity index (χ1) is 13.7. The molecule has 0 saturated heterocycles. The van der Waals surface area contributed by atoms with Crippen molar-refractivity contribution in [2.75, 3.05) is 7.11 Å². The molecular weight excluding hydrogens is 394 g/mol. The number of ether oxygens (including phenoxy) is 1. The Morgan fingerprint density at radius 2 is 2.11 bits per heavy atom. The van der Waals surface area contributed by atoms with E-state index in [2.05, 4.69) is 15.5 Å². The number of hydrazone groups is 1. The van der Waals surface area contributed by atoms with Gasteiger partial charge >= 0.3 is 0 Å². The van der Waals surface area contributed by atoms with E-state index in [4.69, 9.17) is 9.15 Å². The van der Waals surface area contributed by atoms with E-state index >= 15 is 0 Å². The number of para-hydroxylation sites is 1. The minimum atomic E-state index is -0.328. The number of carbonyl (C=O) groups excluding carboxylic acids is 1. The first-order valence-electron chi connectivity index (χ1n) is 8.32. The molecule has 0 aliphatic heterocycles. The van der Waals surface area contributed by atoms with Crippen molar-refractivity contribution in [2.24, 2.45) is 5.10 Å². The van der Waals surface area contributed by atoms with E-state index in [-0.39, 0.29) is 5.91 Å². The summed E-state index contributed by atoms with van der Waals surface area (Å²) in [6, 6.07) is 18.5. The molecule has 4 aromatic rings. The molecule has 0 atom stereocenters. The van der Waals surface area contributed by atoms with Gasteiger partial charge in [0.15, 0.2) is 9.43 Å². The van der Waals surface area contributed by atoms with Gasteiger partial charge in [-0.25, -0.2) is 10.4 Å². The summed E-state index contributed by atoms with van der Waals surface area (Å²) in [4.78, 5) is 16.7. The molecule has 0 unspecified atom stereocenters. The second-order valence-corrected chi connectivity index (χ2v) is 7.92. The van der Waals surface area contributed by atoms with Crippen LogP contribution in [0.3, 0.4) is 0 Å². The number of hydrogen-bond donors (Lipinski definition) is 1. The Kier molecular flexibility index (Phi) is 5.41. The van der Waals surface area contributed by atoms with E-state index in [0.29, 0.717) is 22.2 Å². The van der Waals surface area contributed by atoms with Crippen molar-refractivity contribution in [1.29, 1.82) is 0 Å². The molecule has 140 valence electrons. The summed E-state index contributed by atoms with van der Waals surface area (Å²) < 4.78 is 12.9. The van der Waals surface area contributed by atoms with Crippen molar-refractivity contribution in [3.05, 3.63) is 72.0 Å². The van der Waals surface area contributed by atoms with Crippen LogP contribution >= 0.6 is 23.1 Å². The van der Waals surface area contributed by atoms with Crippen molar-refractivity contribution >= 4 is 45.4 Å². The van der Waals surface area contributed by atoms with Gasteiger partial charge in [0.2, 0.25) is 0 Å². The van der Waals surface area contributed by atoms with Gasteiger partial charge in [-0.05, 0) is 54.2 Å². The highest BCUT2D eigenvalue weighted by Gasteiger charge is 2.09. The third-order valence-electron chi connectivity index (χ3n) is 3.75. The highest BCUT2D eigenvalue weighted by molar-refractivity contribution is 8.01. The lowest BCUT2D eigenvalue weighted by Gasteiger charge is -2.02. The molecule has 0 radical (unpaired) electrons. The minimum Gasteiger partial charge on any atom is -0.497 e. The van der Waals surface area contributed by atoms with Gasteiger partial charge in [-0.2, -0.15) is 5.10 Å². The van der Waals surface area contributed by atoms with E-state index in [9.17, 15) is 4.79 Å². The van der Waals surface area contributed by atoms with Gasteiger partial charge in [0.25, 0.3) is 5.91 Å². The number of amides is 1. The quantitative estimate of drug-likeness (QED) is 0.365. The van der Waals surface area contributed by atoms with Crippen molar-refractivity contribution in [3.63, 3.8) is 0 Å². The largest absolute Gasteiger partial charge is 0.497 e. The average molecular weight is 409 g/mol. The lowest BCUT2D eigenvalue weighted by molar-refractivity contribution is 0.0954. The fourth-order valence-electron chi connectivity index (χ4n) is 2.42. The second-order valence-electron chi connectivity index (χ2n) is 5.64. The molecule has 2 heterocycles.